The van der Waals surface area contributed by atoms with Gasteiger partial charge < -0.3 is 15.2 Å². The third-order valence-corrected chi connectivity index (χ3v) is 5.58. The highest BCUT2D eigenvalue weighted by atomic mass is 16.1. The molecule has 30 heavy (non-hydrogen) atoms. The highest BCUT2D eigenvalue weighted by Crippen LogP contribution is 2.40. The van der Waals surface area contributed by atoms with E-state index in [0.717, 1.165) is 48.6 Å². The van der Waals surface area contributed by atoms with Crippen molar-refractivity contribution < 1.29 is 4.79 Å². The number of pyridine rings is 1. The van der Waals surface area contributed by atoms with Gasteiger partial charge in [0.1, 0.15) is 17.8 Å². The Balaban J connectivity index is 1.48. The van der Waals surface area contributed by atoms with Gasteiger partial charge in [0.05, 0.1) is 0 Å². The molecule has 1 unspecified atom stereocenters. The molecule has 1 fully saturated rings. The molecule has 3 aromatic rings. The maximum absolute atomic E-state index is 12.8. The molecule has 1 aliphatic rings. The smallest absolute Gasteiger partial charge is 0.274 e. The van der Waals surface area contributed by atoms with E-state index in [1.54, 1.807) is 6.33 Å². The van der Waals surface area contributed by atoms with E-state index in [-0.39, 0.29) is 11.8 Å². The first-order chi connectivity index (χ1) is 14.5. The molecule has 1 aliphatic carbocycles. The van der Waals surface area contributed by atoms with E-state index in [1.807, 2.05) is 49.0 Å². The standard InChI is InChI=1S/C23H28N6O/c1-15(11-21-28-25-14-29(21)3)17-5-4-6-19(12-17)26-23(30)20-10-9-18(13-24-2)22(27-20)16-7-8-16/h4-6,9-10,12,14-16,24H,7-8,11,13H2,1-3H3,(H,26,30). The second-order valence-electron chi connectivity index (χ2n) is 8.09. The fraction of sp³-hybridized carbons (Fsp3) is 0.391. The molecule has 1 aromatic carbocycles. The number of amides is 1. The fourth-order valence-electron chi connectivity index (χ4n) is 3.68. The summed E-state index contributed by atoms with van der Waals surface area (Å²) in [5, 5.41) is 14.3. The zero-order valence-electron chi connectivity index (χ0n) is 17.7. The number of hydrogen-bond acceptors (Lipinski definition) is 5. The number of aromatic nitrogens is 4. The SMILES string of the molecule is CNCc1ccc(C(=O)Nc2cccc(C(C)Cc3nncn3C)c2)nc1C1CC1. The molecule has 0 radical (unpaired) electrons. The van der Waals surface area contributed by atoms with Crippen LogP contribution in [-0.2, 0) is 20.0 Å². The van der Waals surface area contributed by atoms with Crippen LogP contribution in [0.1, 0.15) is 64.7 Å². The predicted octanol–water partition coefficient (Wildman–Crippen LogP) is 3.41. The number of hydrogen-bond donors (Lipinski definition) is 2. The first kappa shape index (κ1) is 20.2. The minimum atomic E-state index is -0.175. The zero-order valence-corrected chi connectivity index (χ0v) is 17.7. The Morgan fingerprint density at radius 1 is 1.27 bits per heavy atom. The molecule has 0 aliphatic heterocycles. The minimum Gasteiger partial charge on any atom is -0.321 e. The summed E-state index contributed by atoms with van der Waals surface area (Å²) in [6.45, 7) is 2.92. The molecule has 4 rings (SSSR count). The molecule has 0 spiro atoms. The highest BCUT2D eigenvalue weighted by molar-refractivity contribution is 6.03. The Labute approximate surface area is 176 Å². The monoisotopic (exact) mass is 404 g/mol. The van der Waals surface area contributed by atoms with Gasteiger partial charge >= 0.3 is 0 Å². The van der Waals surface area contributed by atoms with Crippen LogP contribution >= 0.6 is 0 Å². The molecule has 1 amide bonds. The molecule has 0 saturated heterocycles. The molecule has 1 atom stereocenters. The molecule has 1 saturated carbocycles. The molecule has 0 bridgehead atoms. The number of rotatable bonds is 8. The maximum Gasteiger partial charge on any atom is 0.274 e. The minimum absolute atomic E-state index is 0.175. The highest BCUT2D eigenvalue weighted by Gasteiger charge is 2.28. The summed E-state index contributed by atoms with van der Waals surface area (Å²) in [5.41, 5.74) is 4.62. The number of carbonyl (C=O) groups is 1. The van der Waals surface area contributed by atoms with Crippen molar-refractivity contribution in [2.24, 2.45) is 7.05 Å². The normalized spacial score (nSPS) is 14.5. The number of nitrogens with zero attached hydrogens (tertiary/aromatic N) is 4. The molecule has 7 heteroatoms. The van der Waals surface area contributed by atoms with Gasteiger partial charge in [-0.3, -0.25) is 4.79 Å². The van der Waals surface area contributed by atoms with Crippen LogP contribution in [0.3, 0.4) is 0 Å². The second-order valence-corrected chi connectivity index (χ2v) is 8.09. The number of benzene rings is 1. The van der Waals surface area contributed by atoms with Crippen molar-refractivity contribution in [3.8, 4) is 0 Å². The number of anilines is 1. The summed E-state index contributed by atoms with van der Waals surface area (Å²) in [6, 6.07) is 11.8. The largest absolute Gasteiger partial charge is 0.321 e. The van der Waals surface area contributed by atoms with Gasteiger partial charge in [0, 0.05) is 37.3 Å². The lowest BCUT2D eigenvalue weighted by Gasteiger charge is -2.14. The van der Waals surface area contributed by atoms with Crippen LogP contribution in [0.2, 0.25) is 0 Å². The summed E-state index contributed by atoms with van der Waals surface area (Å²) in [5.74, 6) is 1.51. The van der Waals surface area contributed by atoms with Crippen LogP contribution in [0.4, 0.5) is 5.69 Å². The van der Waals surface area contributed by atoms with Crippen LogP contribution < -0.4 is 10.6 Å². The Morgan fingerprint density at radius 2 is 2.10 bits per heavy atom. The first-order valence-corrected chi connectivity index (χ1v) is 10.4. The summed E-state index contributed by atoms with van der Waals surface area (Å²) < 4.78 is 1.93. The maximum atomic E-state index is 12.8. The van der Waals surface area contributed by atoms with Crippen LogP contribution in [0.25, 0.3) is 0 Å². The topological polar surface area (TPSA) is 84.7 Å². The Kier molecular flexibility index (Phi) is 5.90. The van der Waals surface area contributed by atoms with Crippen molar-refractivity contribution in [1.82, 2.24) is 25.1 Å². The molecule has 2 heterocycles. The molecule has 2 N–H and O–H groups in total. The lowest BCUT2D eigenvalue weighted by atomic mass is 9.97. The van der Waals surface area contributed by atoms with Gasteiger partial charge in [0.2, 0.25) is 0 Å². The molecule has 2 aromatic heterocycles. The predicted molar refractivity (Wildman–Crippen MR) is 116 cm³/mol. The summed E-state index contributed by atoms with van der Waals surface area (Å²) in [4.78, 5) is 17.5. The van der Waals surface area contributed by atoms with Crippen molar-refractivity contribution in [3.63, 3.8) is 0 Å². The van der Waals surface area contributed by atoms with Crippen LogP contribution in [0, 0.1) is 0 Å². The van der Waals surface area contributed by atoms with E-state index >= 15 is 0 Å². The van der Waals surface area contributed by atoms with Gasteiger partial charge in [-0.25, -0.2) is 4.98 Å². The van der Waals surface area contributed by atoms with Gasteiger partial charge in [-0.15, -0.1) is 10.2 Å². The van der Waals surface area contributed by atoms with Crippen molar-refractivity contribution in [2.45, 2.75) is 44.6 Å². The number of carbonyl (C=O) groups excluding carboxylic acids is 1. The van der Waals surface area contributed by atoms with E-state index in [4.69, 9.17) is 4.98 Å². The Hall–Kier alpha value is -3.06. The lowest BCUT2D eigenvalue weighted by molar-refractivity contribution is 0.102. The van der Waals surface area contributed by atoms with Crippen LogP contribution in [0.5, 0.6) is 0 Å². The summed E-state index contributed by atoms with van der Waals surface area (Å²) in [7, 11) is 3.87. The van der Waals surface area contributed by atoms with Gasteiger partial charge in [-0.05, 0) is 55.1 Å². The quantitative estimate of drug-likeness (QED) is 0.601. The molecule has 156 valence electrons. The Bertz CT molecular complexity index is 1040. The van der Waals surface area contributed by atoms with E-state index in [2.05, 4.69) is 33.8 Å². The van der Waals surface area contributed by atoms with Crippen molar-refractivity contribution >= 4 is 11.6 Å². The average Bonchev–Trinajstić information content (AvgIpc) is 3.51. The van der Waals surface area contributed by atoms with Crippen LogP contribution in [0.15, 0.2) is 42.7 Å². The molecule has 7 nitrogen and oxygen atoms in total. The lowest BCUT2D eigenvalue weighted by Crippen LogP contribution is -2.16. The van der Waals surface area contributed by atoms with E-state index < -0.39 is 0 Å². The third-order valence-electron chi connectivity index (χ3n) is 5.58. The van der Waals surface area contributed by atoms with Gasteiger partial charge in [0.15, 0.2) is 0 Å². The van der Waals surface area contributed by atoms with Gasteiger partial charge in [-0.1, -0.05) is 25.1 Å². The number of aryl methyl sites for hydroxylation is 1. The summed E-state index contributed by atoms with van der Waals surface area (Å²) in [6.07, 6.45) is 4.80. The summed E-state index contributed by atoms with van der Waals surface area (Å²) >= 11 is 0. The third kappa shape index (κ3) is 4.57. The van der Waals surface area contributed by atoms with Crippen LogP contribution in [-0.4, -0.2) is 32.7 Å². The number of nitrogens with one attached hydrogen (secondary N) is 2. The zero-order chi connectivity index (χ0) is 21.1. The average molecular weight is 405 g/mol. The van der Waals surface area contributed by atoms with Gasteiger partial charge in [0.25, 0.3) is 5.91 Å². The Morgan fingerprint density at radius 3 is 2.80 bits per heavy atom. The second kappa shape index (κ2) is 8.75. The van der Waals surface area contributed by atoms with Crippen molar-refractivity contribution in [2.75, 3.05) is 12.4 Å². The van der Waals surface area contributed by atoms with E-state index in [9.17, 15) is 4.79 Å². The first-order valence-electron chi connectivity index (χ1n) is 10.4. The fourth-order valence-corrected chi connectivity index (χ4v) is 3.68. The van der Waals surface area contributed by atoms with Crippen molar-refractivity contribution in [3.05, 3.63) is 71.1 Å². The van der Waals surface area contributed by atoms with Gasteiger partial charge in [-0.2, -0.15) is 0 Å². The molecular formula is C23H28N6O. The van der Waals surface area contributed by atoms with Crippen molar-refractivity contribution in [1.29, 1.82) is 0 Å². The molecular weight excluding hydrogens is 376 g/mol. The van der Waals surface area contributed by atoms with E-state index in [1.165, 1.54) is 5.56 Å². The van der Waals surface area contributed by atoms with E-state index in [0.29, 0.717) is 11.6 Å².